The zero-order valence-electron chi connectivity index (χ0n) is 8.53. The molecule has 76 valence electrons. The third-order valence-corrected chi connectivity index (χ3v) is 2.12. The van der Waals surface area contributed by atoms with Crippen LogP contribution in [0.1, 0.15) is 12.8 Å². The molecule has 1 aromatic heterocycles. The Morgan fingerprint density at radius 3 is 2.71 bits per heavy atom. The summed E-state index contributed by atoms with van der Waals surface area (Å²) >= 11 is 0. The molecule has 4 heteroatoms. The van der Waals surface area contributed by atoms with Crippen LogP contribution >= 0.6 is 0 Å². The molecule has 0 saturated heterocycles. The molecule has 4 nitrogen and oxygen atoms in total. The Morgan fingerprint density at radius 2 is 2.21 bits per heavy atom. The van der Waals surface area contributed by atoms with Gasteiger partial charge in [0.25, 0.3) is 0 Å². The molecule has 1 fully saturated rings. The molecular formula is C10H15N3O. The fourth-order valence-corrected chi connectivity index (χ4v) is 1.27. The van der Waals surface area contributed by atoms with Crippen LogP contribution in [-0.4, -0.2) is 25.2 Å². The van der Waals surface area contributed by atoms with Gasteiger partial charge in [-0.15, -0.1) is 0 Å². The van der Waals surface area contributed by atoms with Crippen LogP contribution in [-0.2, 0) is 0 Å². The van der Waals surface area contributed by atoms with E-state index in [4.69, 9.17) is 10.5 Å². The molecule has 0 spiro atoms. The Kier molecular flexibility index (Phi) is 2.19. The Labute approximate surface area is 83.7 Å². The van der Waals surface area contributed by atoms with Gasteiger partial charge in [0.2, 0.25) is 0 Å². The second-order valence-corrected chi connectivity index (χ2v) is 3.80. The zero-order chi connectivity index (χ0) is 10.1. The Hall–Kier alpha value is -1.45. The molecule has 0 atom stereocenters. The highest BCUT2D eigenvalue weighted by Gasteiger charge is 2.23. The summed E-state index contributed by atoms with van der Waals surface area (Å²) < 4.78 is 5.58. The van der Waals surface area contributed by atoms with Gasteiger partial charge >= 0.3 is 0 Å². The average Bonchev–Trinajstić information content (AvgIpc) is 2.87. The van der Waals surface area contributed by atoms with E-state index in [0.29, 0.717) is 11.8 Å². The van der Waals surface area contributed by atoms with Crippen molar-refractivity contribution in [2.24, 2.45) is 0 Å². The molecule has 1 heterocycles. The quantitative estimate of drug-likeness (QED) is 0.785. The molecule has 1 aromatic rings. The minimum atomic E-state index is 0.390. The first-order valence-corrected chi connectivity index (χ1v) is 4.76. The van der Waals surface area contributed by atoms with Crippen molar-refractivity contribution in [1.29, 1.82) is 0 Å². The predicted molar refractivity (Wildman–Crippen MR) is 56.6 cm³/mol. The molecule has 1 aliphatic carbocycles. The van der Waals surface area contributed by atoms with Gasteiger partial charge in [-0.1, -0.05) is 0 Å². The van der Waals surface area contributed by atoms with Crippen LogP contribution in [0.25, 0.3) is 0 Å². The topological polar surface area (TPSA) is 51.4 Å². The van der Waals surface area contributed by atoms with E-state index in [1.54, 1.807) is 6.20 Å². The van der Waals surface area contributed by atoms with Gasteiger partial charge in [0.1, 0.15) is 5.75 Å². The normalized spacial score (nSPS) is 15.3. The SMILES string of the molecule is CN(C)c1ncc(OC2CC2)cc1N. The lowest BCUT2D eigenvalue weighted by Crippen LogP contribution is -2.13. The maximum Gasteiger partial charge on any atom is 0.151 e. The maximum atomic E-state index is 5.83. The number of hydrogen-bond acceptors (Lipinski definition) is 4. The van der Waals surface area contributed by atoms with Gasteiger partial charge in [-0.2, -0.15) is 0 Å². The number of ether oxygens (including phenoxy) is 1. The zero-order valence-corrected chi connectivity index (χ0v) is 8.53. The van der Waals surface area contributed by atoms with E-state index in [9.17, 15) is 0 Å². The van der Waals surface area contributed by atoms with E-state index in [1.807, 2.05) is 25.1 Å². The largest absolute Gasteiger partial charge is 0.489 e. The second kappa shape index (κ2) is 3.36. The monoisotopic (exact) mass is 193 g/mol. The van der Waals surface area contributed by atoms with E-state index < -0.39 is 0 Å². The van der Waals surface area contributed by atoms with Crippen LogP contribution < -0.4 is 15.4 Å². The molecule has 1 saturated carbocycles. The number of nitrogens with two attached hydrogens (primary N) is 1. The van der Waals surface area contributed by atoms with Crippen LogP contribution in [0.4, 0.5) is 11.5 Å². The fourth-order valence-electron chi connectivity index (χ4n) is 1.27. The van der Waals surface area contributed by atoms with Crippen LogP contribution in [0.5, 0.6) is 5.75 Å². The fraction of sp³-hybridized carbons (Fsp3) is 0.500. The lowest BCUT2D eigenvalue weighted by Gasteiger charge is -2.14. The van der Waals surface area contributed by atoms with Gasteiger partial charge in [-0.05, 0) is 12.8 Å². The molecule has 0 radical (unpaired) electrons. The Balaban J connectivity index is 2.16. The molecule has 0 bridgehead atoms. The number of aromatic nitrogens is 1. The molecule has 0 aliphatic heterocycles. The van der Waals surface area contributed by atoms with Crippen molar-refractivity contribution < 1.29 is 4.74 Å². The maximum absolute atomic E-state index is 5.83. The van der Waals surface area contributed by atoms with Gasteiger partial charge < -0.3 is 15.4 Å². The lowest BCUT2D eigenvalue weighted by molar-refractivity contribution is 0.302. The summed E-state index contributed by atoms with van der Waals surface area (Å²) in [6, 6.07) is 1.83. The van der Waals surface area contributed by atoms with Crippen molar-refractivity contribution >= 4 is 11.5 Å². The van der Waals surface area contributed by atoms with E-state index in [-0.39, 0.29) is 0 Å². The number of nitrogens with zero attached hydrogens (tertiary/aromatic N) is 2. The van der Waals surface area contributed by atoms with Gasteiger partial charge in [0, 0.05) is 20.2 Å². The summed E-state index contributed by atoms with van der Waals surface area (Å²) in [7, 11) is 3.83. The van der Waals surface area contributed by atoms with E-state index in [1.165, 1.54) is 0 Å². The summed E-state index contributed by atoms with van der Waals surface area (Å²) in [6.07, 6.45) is 4.41. The summed E-state index contributed by atoms with van der Waals surface area (Å²) in [5, 5.41) is 0. The van der Waals surface area contributed by atoms with Crippen molar-refractivity contribution in [2.75, 3.05) is 24.7 Å². The van der Waals surface area contributed by atoms with Crippen molar-refractivity contribution in [3.63, 3.8) is 0 Å². The standard InChI is InChI=1S/C10H15N3O/c1-13(2)10-9(11)5-8(6-12-10)14-7-3-4-7/h5-7H,3-4,11H2,1-2H3. The highest BCUT2D eigenvalue weighted by Crippen LogP contribution is 2.29. The first-order chi connectivity index (χ1) is 6.66. The van der Waals surface area contributed by atoms with E-state index in [0.717, 1.165) is 24.4 Å². The smallest absolute Gasteiger partial charge is 0.151 e. The minimum absolute atomic E-state index is 0.390. The molecule has 0 unspecified atom stereocenters. The molecule has 2 N–H and O–H groups in total. The number of nitrogen functional groups attached to an aromatic ring is 1. The molecule has 14 heavy (non-hydrogen) atoms. The lowest BCUT2D eigenvalue weighted by atomic mass is 10.3. The van der Waals surface area contributed by atoms with Gasteiger partial charge in [0.05, 0.1) is 18.0 Å². The van der Waals surface area contributed by atoms with Gasteiger partial charge in [-0.3, -0.25) is 0 Å². The molecule has 0 amide bonds. The number of rotatable bonds is 3. The molecule has 1 aliphatic rings. The van der Waals surface area contributed by atoms with Crippen molar-refractivity contribution in [2.45, 2.75) is 18.9 Å². The second-order valence-electron chi connectivity index (χ2n) is 3.80. The summed E-state index contributed by atoms with van der Waals surface area (Å²) in [6.45, 7) is 0. The van der Waals surface area contributed by atoms with Crippen LogP contribution in [0.3, 0.4) is 0 Å². The van der Waals surface area contributed by atoms with Crippen LogP contribution in [0.2, 0.25) is 0 Å². The predicted octanol–water partition coefficient (Wildman–Crippen LogP) is 1.27. The third-order valence-electron chi connectivity index (χ3n) is 2.12. The molecule has 2 rings (SSSR count). The van der Waals surface area contributed by atoms with E-state index in [2.05, 4.69) is 4.98 Å². The summed E-state index contributed by atoms with van der Waals surface area (Å²) in [5.41, 5.74) is 6.49. The van der Waals surface area contributed by atoms with Crippen molar-refractivity contribution in [3.05, 3.63) is 12.3 Å². The van der Waals surface area contributed by atoms with Gasteiger partial charge in [-0.25, -0.2) is 4.98 Å². The van der Waals surface area contributed by atoms with E-state index >= 15 is 0 Å². The average molecular weight is 193 g/mol. The van der Waals surface area contributed by atoms with Crippen molar-refractivity contribution in [3.8, 4) is 5.75 Å². The highest BCUT2D eigenvalue weighted by atomic mass is 16.5. The summed E-state index contributed by atoms with van der Waals surface area (Å²) in [5.74, 6) is 1.56. The minimum Gasteiger partial charge on any atom is -0.489 e. The Bertz CT molecular complexity index is 334. The molecule has 0 aromatic carbocycles. The third kappa shape index (κ3) is 1.89. The van der Waals surface area contributed by atoms with Gasteiger partial charge in [0.15, 0.2) is 5.82 Å². The Morgan fingerprint density at radius 1 is 1.50 bits per heavy atom. The van der Waals surface area contributed by atoms with Crippen LogP contribution in [0, 0.1) is 0 Å². The van der Waals surface area contributed by atoms with Crippen molar-refractivity contribution in [1.82, 2.24) is 4.98 Å². The number of anilines is 2. The first kappa shape index (κ1) is 9.12. The number of hydrogen-bond donors (Lipinski definition) is 1. The molecular weight excluding hydrogens is 178 g/mol. The van der Waals surface area contributed by atoms with Crippen LogP contribution in [0.15, 0.2) is 12.3 Å². The number of pyridine rings is 1. The first-order valence-electron chi connectivity index (χ1n) is 4.76. The summed E-state index contributed by atoms with van der Waals surface area (Å²) in [4.78, 5) is 6.12. The highest BCUT2D eigenvalue weighted by molar-refractivity contribution is 5.63.